The summed E-state index contributed by atoms with van der Waals surface area (Å²) < 4.78 is 12.9. The molecule has 34 heavy (non-hydrogen) atoms. The Morgan fingerprint density at radius 2 is 1.79 bits per heavy atom. The number of fused-ring (bicyclic) bond motifs is 2. The number of hydrogen-bond donors (Lipinski definition) is 1. The van der Waals surface area contributed by atoms with Crippen molar-refractivity contribution in [2.45, 2.75) is 59.3 Å². The van der Waals surface area contributed by atoms with E-state index in [1.54, 1.807) is 4.90 Å². The van der Waals surface area contributed by atoms with Gasteiger partial charge in [-0.05, 0) is 77.4 Å². The molecule has 182 valence electrons. The van der Waals surface area contributed by atoms with Gasteiger partial charge in [-0.25, -0.2) is 0 Å². The fraction of sp³-hybridized carbons (Fsp3) is 0.538. The molecule has 1 atom stereocenters. The molecule has 2 aromatic rings. The molecular formula is C26H32ClN3O4. The first-order chi connectivity index (χ1) is 16.1. The van der Waals surface area contributed by atoms with Gasteiger partial charge in [-0.1, -0.05) is 11.6 Å². The van der Waals surface area contributed by atoms with Crippen LogP contribution in [0.4, 0.5) is 0 Å². The number of aryl methyl sites for hydroxylation is 2. The Morgan fingerprint density at radius 1 is 1.12 bits per heavy atom. The van der Waals surface area contributed by atoms with Gasteiger partial charge in [-0.3, -0.25) is 9.59 Å². The third-order valence-corrected chi connectivity index (χ3v) is 8.13. The number of aromatic amines is 1. The molecule has 7 nitrogen and oxygen atoms in total. The second kappa shape index (κ2) is 8.31. The summed E-state index contributed by atoms with van der Waals surface area (Å²) in [5, 5.41) is 0.476. The minimum atomic E-state index is -0.795. The van der Waals surface area contributed by atoms with Gasteiger partial charge < -0.3 is 24.3 Å². The van der Waals surface area contributed by atoms with E-state index in [9.17, 15) is 9.59 Å². The molecule has 1 aromatic heterocycles. The summed E-state index contributed by atoms with van der Waals surface area (Å²) in [5.41, 5.74) is 4.30. The summed E-state index contributed by atoms with van der Waals surface area (Å²) in [4.78, 5) is 33.1. The molecule has 1 fully saturated rings. The van der Waals surface area contributed by atoms with Gasteiger partial charge in [0.1, 0.15) is 0 Å². The van der Waals surface area contributed by atoms with Crippen LogP contribution in [-0.4, -0.2) is 53.2 Å². The van der Waals surface area contributed by atoms with Gasteiger partial charge >= 0.3 is 0 Å². The predicted molar refractivity (Wildman–Crippen MR) is 131 cm³/mol. The number of aromatic nitrogens is 1. The van der Waals surface area contributed by atoms with Crippen molar-refractivity contribution in [1.82, 2.24) is 14.8 Å². The number of amides is 1. The Kier molecular flexibility index (Phi) is 5.68. The van der Waals surface area contributed by atoms with Crippen LogP contribution in [0.15, 0.2) is 10.9 Å². The molecule has 1 unspecified atom stereocenters. The smallest absolute Gasteiger partial charge is 0.254 e. The van der Waals surface area contributed by atoms with Crippen LogP contribution in [0.5, 0.6) is 11.5 Å². The van der Waals surface area contributed by atoms with E-state index < -0.39 is 5.79 Å². The molecule has 8 heteroatoms. The van der Waals surface area contributed by atoms with E-state index in [1.165, 1.54) is 0 Å². The average molecular weight is 486 g/mol. The lowest BCUT2D eigenvalue weighted by Crippen LogP contribution is -2.48. The van der Waals surface area contributed by atoms with E-state index in [0.29, 0.717) is 40.6 Å². The van der Waals surface area contributed by atoms with Crippen LogP contribution in [0.2, 0.25) is 5.02 Å². The van der Waals surface area contributed by atoms with E-state index in [-0.39, 0.29) is 23.9 Å². The number of rotatable bonds is 3. The van der Waals surface area contributed by atoms with E-state index in [1.807, 2.05) is 33.8 Å². The topological polar surface area (TPSA) is 74.9 Å². The van der Waals surface area contributed by atoms with Crippen molar-refractivity contribution in [1.29, 1.82) is 0 Å². The molecule has 0 aliphatic carbocycles. The van der Waals surface area contributed by atoms with Crippen molar-refractivity contribution in [3.05, 3.63) is 55.0 Å². The number of carbonyl (C=O) groups excluding carboxylic acids is 1. The average Bonchev–Trinajstić information content (AvgIpc) is 3.15. The van der Waals surface area contributed by atoms with Crippen molar-refractivity contribution in [3.63, 3.8) is 0 Å². The number of H-pyrrole nitrogens is 1. The molecule has 0 spiro atoms. The first-order valence-electron chi connectivity index (χ1n) is 12.0. The van der Waals surface area contributed by atoms with Crippen LogP contribution < -0.4 is 15.0 Å². The van der Waals surface area contributed by atoms with Crippen LogP contribution in [0.3, 0.4) is 0 Å². The van der Waals surface area contributed by atoms with Gasteiger partial charge in [0, 0.05) is 36.2 Å². The minimum absolute atomic E-state index is 0.126. The molecule has 4 heterocycles. The summed E-state index contributed by atoms with van der Waals surface area (Å²) in [6.45, 7) is 10.4. The highest BCUT2D eigenvalue weighted by atomic mass is 35.5. The van der Waals surface area contributed by atoms with Crippen molar-refractivity contribution in [2.24, 2.45) is 5.92 Å². The number of pyridine rings is 1. The van der Waals surface area contributed by atoms with Crippen LogP contribution in [0.25, 0.3) is 0 Å². The van der Waals surface area contributed by atoms with Crippen LogP contribution in [0.1, 0.15) is 58.1 Å². The molecule has 0 bridgehead atoms. The zero-order valence-corrected chi connectivity index (χ0v) is 21.3. The van der Waals surface area contributed by atoms with Crippen molar-refractivity contribution in [2.75, 3.05) is 26.7 Å². The monoisotopic (exact) mass is 485 g/mol. The molecular weight excluding hydrogens is 454 g/mol. The molecule has 0 radical (unpaired) electrons. The zero-order valence-electron chi connectivity index (χ0n) is 20.5. The predicted octanol–water partition coefficient (Wildman–Crippen LogP) is 3.98. The Bertz CT molecular complexity index is 1230. The Labute approximate surface area is 205 Å². The fourth-order valence-corrected chi connectivity index (χ4v) is 5.96. The molecule has 3 aliphatic heterocycles. The molecule has 0 saturated carbocycles. The Balaban J connectivity index is 1.47. The zero-order chi connectivity index (χ0) is 24.4. The number of benzene rings is 1. The van der Waals surface area contributed by atoms with Gasteiger partial charge in [0.05, 0.1) is 17.1 Å². The largest absolute Gasteiger partial charge is 0.448 e. The summed E-state index contributed by atoms with van der Waals surface area (Å²) in [5.74, 6) is 0.458. The SMILES string of the molecule is Cc1cc(C)c(CN2CCc3c(Cl)c4c(c(C)c3C2=O)OC(C)(C2CCN(C)CC2)O4)c(=O)[nH]1. The number of ether oxygens (including phenoxy) is 2. The molecule has 1 N–H and O–H groups in total. The number of carbonyl (C=O) groups is 1. The fourth-order valence-electron chi connectivity index (χ4n) is 5.65. The number of nitrogens with zero attached hydrogens (tertiary/aromatic N) is 2. The maximum absolute atomic E-state index is 13.6. The van der Waals surface area contributed by atoms with Gasteiger partial charge in [0.2, 0.25) is 0 Å². The first kappa shape index (κ1) is 23.2. The number of likely N-dealkylation sites (tertiary alicyclic amines) is 1. The van der Waals surface area contributed by atoms with E-state index in [2.05, 4.69) is 16.9 Å². The van der Waals surface area contributed by atoms with Gasteiger partial charge in [-0.15, -0.1) is 0 Å². The van der Waals surface area contributed by atoms with Crippen molar-refractivity contribution < 1.29 is 14.3 Å². The highest BCUT2D eigenvalue weighted by molar-refractivity contribution is 6.34. The van der Waals surface area contributed by atoms with E-state index in [4.69, 9.17) is 21.1 Å². The number of piperidine rings is 1. The van der Waals surface area contributed by atoms with Crippen LogP contribution >= 0.6 is 11.6 Å². The van der Waals surface area contributed by atoms with E-state index in [0.717, 1.165) is 48.3 Å². The van der Waals surface area contributed by atoms with E-state index >= 15 is 0 Å². The standard InChI is InChI=1S/C26H32ClN3O4/c1-14-12-15(2)28-24(31)19(14)13-30-11-8-18-20(25(30)32)16(3)22-23(21(18)27)34-26(4,33-22)17-6-9-29(5)10-7-17/h12,17H,6-11,13H2,1-5H3,(H,28,31). The summed E-state index contributed by atoms with van der Waals surface area (Å²) in [6.07, 6.45) is 2.56. The highest BCUT2D eigenvalue weighted by Crippen LogP contribution is 2.53. The van der Waals surface area contributed by atoms with Gasteiger partial charge in [0.25, 0.3) is 17.3 Å². The molecule has 3 aliphatic rings. The lowest BCUT2D eigenvalue weighted by atomic mass is 9.89. The minimum Gasteiger partial charge on any atom is -0.448 e. The molecule has 1 aromatic carbocycles. The van der Waals surface area contributed by atoms with Crippen molar-refractivity contribution in [3.8, 4) is 11.5 Å². The second-order valence-corrected chi connectivity index (χ2v) is 10.5. The van der Waals surface area contributed by atoms with Gasteiger partial charge in [-0.2, -0.15) is 0 Å². The third kappa shape index (κ3) is 3.69. The lowest BCUT2D eigenvalue weighted by molar-refractivity contribution is -0.123. The first-order valence-corrected chi connectivity index (χ1v) is 12.4. The maximum atomic E-state index is 13.6. The summed E-state index contributed by atoms with van der Waals surface area (Å²) in [7, 11) is 2.13. The molecule has 1 saturated heterocycles. The second-order valence-electron chi connectivity index (χ2n) is 10.2. The highest BCUT2D eigenvalue weighted by Gasteiger charge is 2.48. The normalized spacial score (nSPS) is 22.9. The van der Waals surface area contributed by atoms with Crippen molar-refractivity contribution >= 4 is 17.5 Å². The number of nitrogens with one attached hydrogen (secondary N) is 1. The number of hydrogen-bond acceptors (Lipinski definition) is 5. The quantitative estimate of drug-likeness (QED) is 0.711. The van der Waals surface area contributed by atoms with Gasteiger partial charge in [0.15, 0.2) is 11.5 Å². The molecule has 5 rings (SSSR count). The summed E-state index contributed by atoms with van der Waals surface area (Å²) >= 11 is 6.84. The summed E-state index contributed by atoms with van der Waals surface area (Å²) in [6, 6.07) is 1.93. The van der Waals surface area contributed by atoms with Crippen LogP contribution in [0, 0.1) is 26.7 Å². The lowest BCUT2D eigenvalue weighted by Gasteiger charge is -2.37. The molecule has 1 amide bonds. The Hall–Kier alpha value is -2.51. The van der Waals surface area contributed by atoms with Crippen LogP contribution in [-0.2, 0) is 13.0 Å². The third-order valence-electron chi connectivity index (χ3n) is 7.73. The Morgan fingerprint density at radius 3 is 2.47 bits per heavy atom. The number of halogens is 1. The maximum Gasteiger partial charge on any atom is 0.254 e.